The fourth-order valence-electron chi connectivity index (χ4n) is 2.18. The molecule has 0 unspecified atom stereocenters. The average Bonchev–Trinajstić information content (AvgIpc) is 2.27. The Kier molecular flexibility index (Phi) is 3.18. The predicted octanol–water partition coefficient (Wildman–Crippen LogP) is 3.20. The minimum Gasteiger partial charge on any atom is -0.495 e. The molecule has 0 aliphatic heterocycles. The Hall–Kier alpha value is -1.38. The van der Waals surface area contributed by atoms with Gasteiger partial charge in [-0.15, -0.1) is 0 Å². The standard InChI is InChI=1S/C12H11ClFNO2/c1-17-11-8(13)3-4-9(14)10(11)12(15-7-16)5-2-6-12/h3-4H,2,5-6H2,1H3. The van der Waals surface area contributed by atoms with E-state index in [-0.39, 0.29) is 11.3 Å². The van der Waals surface area contributed by atoms with Crippen LogP contribution in [0.25, 0.3) is 0 Å². The Morgan fingerprint density at radius 3 is 2.71 bits per heavy atom. The van der Waals surface area contributed by atoms with Crippen LogP contribution in [0, 0.1) is 5.82 Å². The Morgan fingerprint density at radius 1 is 1.53 bits per heavy atom. The molecule has 0 bridgehead atoms. The topological polar surface area (TPSA) is 38.7 Å². The molecule has 5 heteroatoms. The van der Waals surface area contributed by atoms with Crippen LogP contribution in [-0.2, 0) is 10.3 Å². The molecule has 0 saturated heterocycles. The Labute approximate surface area is 103 Å². The molecule has 0 spiro atoms. The Balaban J connectivity index is 2.64. The summed E-state index contributed by atoms with van der Waals surface area (Å²) in [5, 5.41) is 0.316. The highest BCUT2D eigenvalue weighted by molar-refractivity contribution is 6.32. The number of rotatable bonds is 3. The van der Waals surface area contributed by atoms with Crippen LogP contribution in [0.3, 0.4) is 0 Å². The van der Waals surface area contributed by atoms with Gasteiger partial charge in [-0.3, -0.25) is 0 Å². The zero-order valence-electron chi connectivity index (χ0n) is 9.30. The van der Waals surface area contributed by atoms with E-state index in [1.807, 2.05) is 0 Å². The van der Waals surface area contributed by atoms with Crippen molar-refractivity contribution in [2.45, 2.75) is 24.8 Å². The summed E-state index contributed by atoms with van der Waals surface area (Å²) >= 11 is 5.96. The normalized spacial score (nSPS) is 16.9. The number of halogens is 2. The van der Waals surface area contributed by atoms with E-state index in [0.717, 1.165) is 6.42 Å². The second-order valence-electron chi connectivity index (χ2n) is 4.03. The Morgan fingerprint density at radius 2 is 2.24 bits per heavy atom. The first-order chi connectivity index (χ1) is 8.14. The fourth-order valence-corrected chi connectivity index (χ4v) is 2.42. The number of hydrogen-bond donors (Lipinski definition) is 0. The number of isocyanates is 1. The zero-order chi connectivity index (χ0) is 12.5. The molecule has 3 nitrogen and oxygen atoms in total. The lowest BCUT2D eigenvalue weighted by Crippen LogP contribution is -2.33. The summed E-state index contributed by atoms with van der Waals surface area (Å²) in [6.07, 6.45) is 3.62. The highest BCUT2D eigenvalue weighted by Crippen LogP contribution is 2.50. The number of carbonyl (C=O) groups excluding carboxylic acids is 1. The molecule has 90 valence electrons. The molecule has 1 aliphatic rings. The van der Waals surface area contributed by atoms with Crippen molar-refractivity contribution in [3.05, 3.63) is 28.5 Å². The first-order valence-electron chi connectivity index (χ1n) is 5.26. The molecule has 0 heterocycles. The summed E-state index contributed by atoms with van der Waals surface area (Å²) in [6.45, 7) is 0. The summed E-state index contributed by atoms with van der Waals surface area (Å²) in [5.41, 5.74) is -0.579. The van der Waals surface area contributed by atoms with Crippen molar-refractivity contribution in [2.24, 2.45) is 4.99 Å². The third kappa shape index (κ3) is 1.84. The van der Waals surface area contributed by atoms with Crippen molar-refractivity contribution >= 4 is 17.7 Å². The van der Waals surface area contributed by atoms with E-state index >= 15 is 0 Å². The van der Waals surface area contributed by atoms with Crippen LogP contribution in [0.5, 0.6) is 5.75 Å². The van der Waals surface area contributed by atoms with Gasteiger partial charge in [-0.05, 0) is 31.4 Å². The van der Waals surface area contributed by atoms with E-state index in [4.69, 9.17) is 16.3 Å². The van der Waals surface area contributed by atoms with E-state index in [2.05, 4.69) is 4.99 Å². The summed E-state index contributed by atoms with van der Waals surface area (Å²) in [7, 11) is 1.42. The average molecular weight is 256 g/mol. The van der Waals surface area contributed by atoms with Gasteiger partial charge in [0.1, 0.15) is 17.1 Å². The SMILES string of the molecule is COc1c(Cl)ccc(F)c1C1(N=C=O)CCC1. The third-order valence-electron chi connectivity index (χ3n) is 3.17. The smallest absolute Gasteiger partial charge is 0.235 e. The molecule has 17 heavy (non-hydrogen) atoms. The van der Waals surface area contributed by atoms with Gasteiger partial charge in [0.25, 0.3) is 0 Å². The lowest BCUT2D eigenvalue weighted by atomic mass is 9.72. The molecular weight excluding hydrogens is 245 g/mol. The summed E-state index contributed by atoms with van der Waals surface area (Å²) in [6, 6.07) is 2.69. The van der Waals surface area contributed by atoms with E-state index in [1.165, 1.54) is 25.3 Å². The van der Waals surface area contributed by atoms with Gasteiger partial charge in [-0.2, -0.15) is 4.99 Å². The molecule has 2 rings (SSSR count). The van der Waals surface area contributed by atoms with Crippen molar-refractivity contribution in [2.75, 3.05) is 7.11 Å². The lowest BCUT2D eigenvalue weighted by molar-refractivity contribution is 0.237. The maximum Gasteiger partial charge on any atom is 0.235 e. The molecule has 0 amide bonds. The van der Waals surface area contributed by atoms with Crippen molar-refractivity contribution < 1.29 is 13.9 Å². The van der Waals surface area contributed by atoms with E-state index in [1.54, 1.807) is 0 Å². The monoisotopic (exact) mass is 255 g/mol. The maximum absolute atomic E-state index is 13.9. The van der Waals surface area contributed by atoms with Gasteiger partial charge in [-0.25, -0.2) is 9.18 Å². The lowest BCUT2D eigenvalue weighted by Gasteiger charge is -2.38. The van der Waals surface area contributed by atoms with Gasteiger partial charge < -0.3 is 4.74 Å². The molecule has 0 radical (unpaired) electrons. The summed E-state index contributed by atoms with van der Waals surface area (Å²) < 4.78 is 19.1. The van der Waals surface area contributed by atoms with Crippen LogP contribution in [-0.4, -0.2) is 13.2 Å². The molecule has 1 aliphatic carbocycles. The predicted molar refractivity (Wildman–Crippen MR) is 61.6 cm³/mol. The molecule has 0 N–H and O–H groups in total. The van der Waals surface area contributed by atoms with Gasteiger partial charge in [0.15, 0.2) is 0 Å². The van der Waals surface area contributed by atoms with Crippen LogP contribution in [0.1, 0.15) is 24.8 Å². The quantitative estimate of drug-likeness (QED) is 0.615. The number of ether oxygens (including phenoxy) is 1. The Bertz CT molecular complexity index is 494. The highest BCUT2D eigenvalue weighted by atomic mass is 35.5. The van der Waals surface area contributed by atoms with E-state index in [9.17, 15) is 9.18 Å². The van der Waals surface area contributed by atoms with E-state index in [0.29, 0.717) is 17.9 Å². The zero-order valence-corrected chi connectivity index (χ0v) is 10.1. The molecule has 1 fully saturated rings. The fraction of sp³-hybridized carbons (Fsp3) is 0.417. The molecule has 0 aromatic heterocycles. The minimum absolute atomic E-state index is 0.255. The maximum atomic E-state index is 13.9. The van der Waals surface area contributed by atoms with Gasteiger partial charge in [0.2, 0.25) is 6.08 Å². The van der Waals surface area contributed by atoms with Gasteiger partial charge >= 0.3 is 0 Å². The van der Waals surface area contributed by atoms with Crippen molar-refractivity contribution in [1.29, 1.82) is 0 Å². The second-order valence-corrected chi connectivity index (χ2v) is 4.43. The molecule has 1 aromatic carbocycles. The van der Waals surface area contributed by atoms with Crippen LogP contribution >= 0.6 is 11.6 Å². The summed E-state index contributed by atoms with van der Waals surface area (Å²) in [4.78, 5) is 14.3. The van der Waals surface area contributed by atoms with Gasteiger partial charge in [0, 0.05) is 0 Å². The van der Waals surface area contributed by atoms with Crippen LogP contribution in [0.15, 0.2) is 17.1 Å². The minimum atomic E-state index is -0.845. The van der Waals surface area contributed by atoms with Gasteiger partial charge in [0.05, 0.1) is 17.7 Å². The van der Waals surface area contributed by atoms with E-state index < -0.39 is 11.4 Å². The van der Waals surface area contributed by atoms with Crippen molar-refractivity contribution in [3.8, 4) is 5.75 Å². The van der Waals surface area contributed by atoms with Crippen molar-refractivity contribution in [1.82, 2.24) is 0 Å². The molecular formula is C12H11ClFNO2. The third-order valence-corrected chi connectivity index (χ3v) is 3.47. The first kappa shape index (κ1) is 12.1. The van der Waals surface area contributed by atoms with Crippen LogP contribution in [0.4, 0.5) is 4.39 Å². The highest BCUT2D eigenvalue weighted by Gasteiger charge is 2.43. The number of nitrogens with zero attached hydrogens (tertiary/aromatic N) is 1. The molecule has 1 aromatic rings. The van der Waals surface area contributed by atoms with Crippen LogP contribution in [0.2, 0.25) is 5.02 Å². The van der Waals surface area contributed by atoms with Crippen molar-refractivity contribution in [3.63, 3.8) is 0 Å². The molecule has 1 saturated carbocycles. The second kappa shape index (κ2) is 4.47. The first-order valence-corrected chi connectivity index (χ1v) is 5.64. The number of hydrogen-bond acceptors (Lipinski definition) is 3. The van der Waals surface area contributed by atoms with Crippen LogP contribution < -0.4 is 4.74 Å². The van der Waals surface area contributed by atoms with Gasteiger partial charge in [-0.1, -0.05) is 11.6 Å². The number of methoxy groups -OCH3 is 1. The summed E-state index contributed by atoms with van der Waals surface area (Å²) in [5.74, 6) is -0.199. The molecule has 0 atom stereocenters. The number of aliphatic imine (C=N–C) groups is 1. The number of benzene rings is 1. The largest absolute Gasteiger partial charge is 0.495 e.